The number of nitrogens with one attached hydrogen (secondary N) is 1. The molecule has 102 valence electrons. The first-order chi connectivity index (χ1) is 8.21. The number of nitrogens with zero attached hydrogens (tertiary/aromatic N) is 1. The summed E-state index contributed by atoms with van der Waals surface area (Å²) in [6.07, 6.45) is 0.147. The van der Waals surface area contributed by atoms with E-state index in [1.54, 1.807) is 11.3 Å². The lowest BCUT2D eigenvalue weighted by molar-refractivity contribution is -0.136. The molecule has 0 aliphatic rings. The van der Waals surface area contributed by atoms with Crippen LogP contribution in [0.15, 0.2) is 0 Å². The van der Waals surface area contributed by atoms with Gasteiger partial charge in [-0.15, -0.1) is 11.3 Å². The number of rotatable bonds is 5. The highest BCUT2D eigenvalue weighted by molar-refractivity contribution is 7.12. The maximum Gasteiger partial charge on any atom is 0.304 e. The topological polar surface area (TPSA) is 62.2 Å². The number of thiazole rings is 1. The van der Waals surface area contributed by atoms with Crippen molar-refractivity contribution in [3.63, 3.8) is 0 Å². The van der Waals surface area contributed by atoms with Crippen molar-refractivity contribution in [2.45, 2.75) is 52.5 Å². The Morgan fingerprint density at radius 3 is 2.56 bits per heavy atom. The molecule has 1 aromatic heterocycles. The molecule has 18 heavy (non-hydrogen) atoms. The van der Waals surface area contributed by atoms with Crippen LogP contribution in [0.5, 0.6) is 0 Å². The fraction of sp³-hybridized carbons (Fsp3) is 0.692. The van der Waals surface area contributed by atoms with Gasteiger partial charge in [-0.25, -0.2) is 4.98 Å². The summed E-state index contributed by atoms with van der Waals surface area (Å²) >= 11 is 1.71. The Labute approximate surface area is 112 Å². The highest BCUT2D eigenvalue weighted by Crippen LogP contribution is 2.32. The van der Waals surface area contributed by atoms with Crippen LogP contribution in [0.25, 0.3) is 0 Å². The van der Waals surface area contributed by atoms with Gasteiger partial charge in [0.05, 0.1) is 17.1 Å². The number of aliphatic carboxylic acids is 1. The van der Waals surface area contributed by atoms with Crippen molar-refractivity contribution < 1.29 is 9.90 Å². The first-order valence-corrected chi connectivity index (χ1v) is 6.96. The van der Waals surface area contributed by atoms with Gasteiger partial charge in [-0.05, 0) is 13.8 Å². The Balaban J connectivity index is 2.71. The number of hydrogen-bond acceptors (Lipinski definition) is 4. The van der Waals surface area contributed by atoms with Gasteiger partial charge < -0.3 is 10.4 Å². The van der Waals surface area contributed by atoms with Crippen molar-refractivity contribution in [2.24, 2.45) is 0 Å². The zero-order chi connectivity index (χ0) is 13.9. The first kappa shape index (κ1) is 15.1. The lowest BCUT2D eigenvalue weighted by atomic mass is 9.98. The molecule has 0 spiro atoms. The van der Waals surface area contributed by atoms with Gasteiger partial charge in [0, 0.05) is 22.9 Å². The highest BCUT2D eigenvalue weighted by Gasteiger charge is 2.22. The Morgan fingerprint density at radius 2 is 2.11 bits per heavy atom. The van der Waals surface area contributed by atoms with Crippen molar-refractivity contribution in [3.05, 3.63) is 15.6 Å². The summed E-state index contributed by atoms with van der Waals surface area (Å²) in [5.74, 6) is -0.772. The fourth-order valence-electron chi connectivity index (χ4n) is 1.62. The summed E-state index contributed by atoms with van der Waals surface area (Å²) in [5, 5.41) is 13.0. The second-order valence-corrected chi connectivity index (χ2v) is 6.57. The average molecular weight is 270 g/mol. The minimum Gasteiger partial charge on any atom is -0.481 e. The van der Waals surface area contributed by atoms with E-state index in [0.29, 0.717) is 6.54 Å². The van der Waals surface area contributed by atoms with Gasteiger partial charge in [0.2, 0.25) is 0 Å². The van der Waals surface area contributed by atoms with Crippen LogP contribution >= 0.6 is 11.3 Å². The van der Waals surface area contributed by atoms with Gasteiger partial charge in [0.25, 0.3) is 0 Å². The molecule has 0 saturated heterocycles. The fourth-order valence-corrected chi connectivity index (χ4v) is 2.77. The maximum absolute atomic E-state index is 10.5. The summed E-state index contributed by atoms with van der Waals surface area (Å²) in [6, 6.07) is 0.151. The molecule has 1 rings (SSSR count). The molecular formula is C13H22N2O2S. The summed E-state index contributed by atoms with van der Waals surface area (Å²) in [6.45, 7) is 11.0. The molecule has 0 aliphatic heterocycles. The molecular weight excluding hydrogens is 248 g/mol. The molecule has 0 aliphatic carbocycles. The zero-order valence-corrected chi connectivity index (χ0v) is 12.5. The molecule has 0 aromatic carbocycles. The molecule has 1 heterocycles. The van der Waals surface area contributed by atoms with Crippen molar-refractivity contribution in [1.82, 2.24) is 10.3 Å². The molecule has 1 atom stereocenters. The van der Waals surface area contributed by atoms with Crippen molar-refractivity contribution in [3.8, 4) is 0 Å². The second-order valence-electron chi connectivity index (χ2n) is 5.54. The lowest BCUT2D eigenvalue weighted by Gasteiger charge is -2.14. The van der Waals surface area contributed by atoms with E-state index in [2.05, 4.69) is 38.0 Å². The van der Waals surface area contributed by atoms with Gasteiger partial charge in [0.15, 0.2) is 0 Å². The van der Waals surface area contributed by atoms with Crippen LogP contribution in [0.3, 0.4) is 0 Å². The second kappa shape index (κ2) is 5.80. The minimum atomic E-state index is -0.772. The molecule has 0 amide bonds. The number of carbonyl (C=O) groups is 1. The van der Waals surface area contributed by atoms with Crippen molar-refractivity contribution in [2.75, 3.05) is 6.54 Å². The van der Waals surface area contributed by atoms with E-state index in [9.17, 15) is 4.79 Å². The molecule has 2 N–H and O–H groups in total. The number of aromatic nitrogens is 1. The van der Waals surface area contributed by atoms with Crippen LogP contribution in [0.2, 0.25) is 0 Å². The van der Waals surface area contributed by atoms with E-state index in [-0.39, 0.29) is 17.9 Å². The smallest absolute Gasteiger partial charge is 0.304 e. The quantitative estimate of drug-likeness (QED) is 0.863. The summed E-state index contributed by atoms with van der Waals surface area (Å²) in [4.78, 5) is 16.3. The predicted molar refractivity (Wildman–Crippen MR) is 74.2 cm³/mol. The van der Waals surface area contributed by atoms with Crippen molar-refractivity contribution in [1.29, 1.82) is 0 Å². The normalized spacial score (nSPS) is 13.6. The number of carboxylic acids is 1. The molecule has 1 unspecified atom stereocenters. The van der Waals surface area contributed by atoms with E-state index in [0.717, 1.165) is 10.7 Å². The molecule has 0 bridgehead atoms. The van der Waals surface area contributed by atoms with Crippen molar-refractivity contribution >= 4 is 17.3 Å². The zero-order valence-electron chi connectivity index (χ0n) is 11.7. The molecule has 0 fully saturated rings. The molecule has 4 nitrogen and oxygen atoms in total. The predicted octanol–water partition coefficient (Wildman–Crippen LogP) is 2.87. The number of carboxylic acid groups (broad SMARTS) is 1. The first-order valence-electron chi connectivity index (χ1n) is 6.15. The Hall–Kier alpha value is -0.940. The summed E-state index contributed by atoms with van der Waals surface area (Å²) in [5.41, 5.74) is 1.11. The number of hydrogen-bond donors (Lipinski definition) is 2. The monoisotopic (exact) mass is 270 g/mol. The molecule has 0 radical (unpaired) electrons. The van der Waals surface area contributed by atoms with E-state index in [4.69, 9.17) is 5.11 Å². The van der Waals surface area contributed by atoms with Gasteiger partial charge >= 0.3 is 5.97 Å². The lowest BCUT2D eigenvalue weighted by Crippen LogP contribution is -2.21. The molecule has 0 saturated carbocycles. The molecule has 1 aromatic rings. The third-order valence-electron chi connectivity index (χ3n) is 2.66. The minimum absolute atomic E-state index is 0.0639. The van der Waals surface area contributed by atoms with E-state index >= 15 is 0 Å². The summed E-state index contributed by atoms with van der Waals surface area (Å²) in [7, 11) is 0. The van der Waals surface area contributed by atoms with Gasteiger partial charge in [-0.3, -0.25) is 4.79 Å². The number of aryl methyl sites for hydroxylation is 1. The van der Waals surface area contributed by atoms with Crippen LogP contribution in [0, 0.1) is 6.92 Å². The van der Waals surface area contributed by atoms with Crippen LogP contribution in [0.1, 0.15) is 55.7 Å². The maximum atomic E-state index is 10.5. The Bertz CT molecular complexity index is 421. The Kier molecular flexibility index (Phi) is 4.87. The van der Waals surface area contributed by atoms with Gasteiger partial charge in [0.1, 0.15) is 0 Å². The third-order valence-corrected chi connectivity index (χ3v) is 4.42. The van der Waals surface area contributed by atoms with Crippen LogP contribution in [-0.4, -0.2) is 22.6 Å². The SMILES string of the molecule is Cc1nc(C(C)(C)C)sc1C(C)NCCC(=O)O. The van der Waals surface area contributed by atoms with E-state index < -0.39 is 5.97 Å². The van der Waals surface area contributed by atoms with Gasteiger partial charge in [-0.1, -0.05) is 20.8 Å². The van der Waals surface area contributed by atoms with Crippen LogP contribution in [-0.2, 0) is 10.2 Å². The largest absolute Gasteiger partial charge is 0.481 e. The highest BCUT2D eigenvalue weighted by atomic mass is 32.1. The van der Waals surface area contributed by atoms with E-state index in [1.807, 2.05) is 6.92 Å². The van der Waals surface area contributed by atoms with Crippen LogP contribution in [0.4, 0.5) is 0 Å². The van der Waals surface area contributed by atoms with Gasteiger partial charge in [-0.2, -0.15) is 0 Å². The third kappa shape index (κ3) is 4.07. The Morgan fingerprint density at radius 1 is 1.50 bits per heavy atom. The average Bonchev–Trinajstić information content (AvgIpc) is 2.59. The standard InChI is InChI=1S/C13H22N2O2S/c1-8(14-7-6-10(16)17)11-9(2)15-12(18-11)13(3,4)5/h8,14H,6-7H2,1-5H3,(H,16,17). The molecule has 5 heteroatoms. The summed E-state index contributed by atoms with van der Waals surface area (Å²) < 4.78 is 0. The van der Waals surface area contributed by atoms with E-state index in [1.165, 1.54) is 4.88 Å². The van der Waals surface area contributed by atoms with Crippen LogP contribution < -0.4 is 5.32 Å².